The van der Waals surface area contributed by atoms with Gasteiger partial charge in [0.15, 0.2) is 0 Å². The maximum atomic E-state index is 12.6. The molecule has 8 heteroatoms. The molecule has 2 atom stereocenters. The SMILES string of the molecule is CC1CC(C)CN(C(=O)/C=C/c2ccc(OC(F)F)cc2OC(F)F)C1. The van der Waals surface area contributed by atoms with E-state index in [1.807, 2.05) is 0 Å². The lowest BCUT2D eigenvalue weighted by Crippen LogP contribution is -2.41. The Hall–Kier alpha value is -2.25. The van der Waals surface area contributed by atoms with Gasteiger partial charge in [-0.15, -0.1) is 0 Å². The van der Waals surface area contributed by atoms with Crippen LogP contribution in [0.25, 0.3) is 6.08 Å². The van der Waals surface area contributed by atoms with E-state index >= 15 is 0 Å². The first-order chi connectivity index (χ1) is 12.2. The highest BCUT2D eigenvalue weighted by Crippen LogP contribution is 2.29. The largest absolute Gasteiger partial charge is 0.435 e. The summed E-state index contributed by atoms with van der Waals surface area (Å²) in [6.45, 7) is -0.820. The number of hydrogen-bond donors (Lipinski definition) is 0. The van der Waals surface area contributed by atoms with E-state index < -0.39 is 13.2 Å². The van der Waals surface area contributed by atoms with Gasteiger partial charge in [0.1, 0.15) is 11.5 Å². The van der Waals surface area contributed by atoms with Crippen molar-refractivity contribution in [1.82, 2.24) is 4.90 Å². The molecule has 1 saturated heterocycles. The quantitative estimate of drug-likeness (QED) is 0.546. The molecule has 0 aromatic heterocycles. The number of carbonyl (C=O) groups excluding carboxylic acids is 1. The minimum absolute atomic E-state index is 0.165. The number of likely N-dealkylation sites (tertiary alicyclic amines) is 1. The Morgan fingerprint density at radius 2 is 1.73 bits per heavy atom. The van der Waals surface area contributed by atoms with Crippen molar-refractivity contribution >= 4 is 12.0 Å². The zero-order chi connectivity index (χ0) is 19.3. The lowest BCUT2D eigenvalue weighted by molar-refractivity contribution is -0.128. The van der Waals surface area contributed by atoms with Crippen LogP contribution in [-0.2, 0) is 4.79 Å². The lowest BCUT2D eigenvalue weighted by atomic mass is 9.92. The summed E-state index contributed by atoms with van der Waals surface area (Å²) >= 11 is 0. The molecule has 2 unspecified atom stereocenters. The highest BCUT2D eigenvalue weighted by Gasteiger charge is 2.24. The fourth-order valence-corrected chi connectivity index (χ4v) is 3.14. The molecular weight excluding hydrogens is 354 g/mol. The minimum Gasteiger partial charge on any atom is -0.435 e. The Morgan fingerprint density at radius 1 is 1.12 bits per heavy atom. The van der Waals surface area contributed by atoms with Gasteiger partial charge in [0.2, 0.25) is 5.91 Å². The average Bonchev–Trinajstić information content (AvgIpc) is 2.51. The smallest absolute Gasteiger partial charge is 0.387 e. The number of carbonyl (C=O) groups is 1. The summed E-state index contributed by atoms with van der Waals surface area (Å²) in [6, 6.07) is 3.41. The Balaban J connectivity index is 2.15. The molecule has 1 amide bonds. The number of nitrogens with zero attached hydrogens (tertiary/aromatic N) is 1. The number of halogens is 4. The average molecular weight is 375 g/mol. The zero-order valence-electron chi connectivity index (χ0n) is 14.5. The highest BCUT2D eigenvalue weighted by atomic mass is 19.3. The van der Waals surface area contributed by atoms with Crippen molar-refractivity contribution in [2.24, 2.45) is 11.8 Å². The van der Waals surface area contributed by atoms with Gasteiger partial charge < -0.3 is 14.4 Å². The Bertz CT molecular complexity index is 641. The Morgan fingerprint density at radius 3 is 2.31 bits per heavy atom. The van der Waals surface area contributed by atoms with Crippen molar-refractivity contribution in [3.63, 3.8) is 0 Å². The van der Waals surface area contributed by atoms with E-state index in [4.69, 9.17) is 0 Å². The first-order valence-corrected chi connectivity index (χ1v) is 8.25. The zero-order valence-corrected chi connectivity index (χ0v) is 14.5. The van der Waals surface area contributed by atoms with Gasteiger partial charge >= 0.3 is 13.2 Å². The van der Waals surface area contributed by atoms with E-state index in [0.29, 0.717) is 24.9 Å². The van der Waals surface area contributed by atoms with Crippen LogP contribution in [0.1, 0.15) is 25.8 Å². The van der Waals surface area contributed by atoms with Gasteiger partial charge in [0.25, 0.3) is 0 Å². The van der Waals surface area contributed by atoms with Gasteiger partial charge in [-0.3, -0.25) is 4.79 Å². The number of rotatable bonds is 6. The van der Waals surface area contributed by atoms with Gasteiger partial charge in [-0.05, 0) is 36.5 Å². The van der Waals surface area contributed by atoms with Crippen molar-refractivity contribution < 1.29 is 31.8 Å². The van der Waals surface area contributed by atoms with Gasteiger partial charge in [0, 0.05) is 30.8 Å². The van der Waals surface area contributed by atoms with Crippen LogP contribution in [0.4, 0.5) is 17.6 Å². The number of alkyl halides is 4. The van der Waals surface area contributed by atoms with Crippen LogP contribution in [0.2, 0.25) is 0 Å². The maximum Gasteiger partial charge on any atom is 0.387 e. The Labute approximate surface area is 149 Å². The molecule has 1 fully saturated rings. The van der Waals surface area contributed by atoms with E-state index in [9.17, 15) is 22.4 Å². The van der Waals surface area contributed by atoms with Crippen molar-refractivity contribution in [2.75, 3.05) is 13.1 Å². The molecule has 1 aliphatic heterocycles. The van der Waals surface area contributed by atoms with Crippen molar-refractivity contribution in [1.29, 1.82) is 0 Å². The predicted octanol–water partition coefficient (Wildman–Crippen LogP) is 4.41. The third-order valence-electron chi connectivity index (χ3n) is 4.01. The number of hydrogen-bond acceptors (Lipinski definition) is 3. The van der Waals surface area contributed by atoms with E-state index in [1.165, 1.54) is 24.3 Å². The van der Waals surface area contributed by atoms with Crippen LogP contribution in [0, 0.1) is 11.8 Å². The standard InChI is InChI=1S/C18H21F4NO3/c1-11-7-12(2)10-23(9-11)16(24)6-4-13-3-5-14(25-17(19)20)8-15(13)26-18(21)22/h3-6,8,11-12,17-18H,7,9-10H2,1-2H3/b6-4+. The van der Waals surface area contributed by atoms with Crippen LogP contribution in [0.15, 0.2) is 24.3 Å². The number of piperidine rings is 1. The molecule has 1 aliphatic rings. The summed E-state index contributed by atoms with van der Waals surface area (Å²) in [5, 5.41) is 0. The molecule has 0 spiro atoms. The molecule has 0 aliphatic carbocycles. The molecule has 0 bridgehead atoms. The molecule has 0 N–H and O–H groups in total. The summed E-state index contributed by atoms with van der Waals surface area (Å²) in [5.74, 6) is -0.112. The molecule has 1 heterocycles. The molecule has 2 rings (SSSR count). The molecule has 1 aromatic carbocycles. The summed E-state index contributed by atoms with van der Waals surface area (Å²) in [6.07, 6.45) is 3.65. The molecule has 1 aromatic rings. The molecule has 4 nitrogen and oxygen atoms in total. The summed E-state index contributed by atoms with van der Waals surface area (Å²) in [7, 11) is 0. The van der Waals surface area contributed by atoms with Crippen LogP contribution in [0.5, 0.6) is 11.5 Å². The van der Waals surface area contributed by atoms with E-state index in [2.05, 4.69) is 23.3 Å². The fraction of sp³-hybridized carbons (Fsp3) is 0.500. The van der Waals surface area contributed by atoms with E-state index in [1.54, 1.807) is 4.90 Å². The second kappa shape index (κ2) is 8.91. The first-order valence-electron chi connectivity index (χ1n) is 8.25. The Kier molecular flexibility index (Phi) is 6.88. The minimum atomic E-state index is -3.14. The highest BCUT2D eigenvalue weighted by molar-refractivity contribution is 5.92. The molecular formula is C18H21F4NO3. The normalized spacial score (nSPS) is 20.8. The van der Waals surface area contributed by atoms with Crippen molar-refractivity contribution in [3.8, 4) is 11.5 Å². The second-order valence-corrected chi connectivity index (χ2v) is 6.48. The summed E-state index contributed by atoms with van der Waals surface area (Å²) in [4.78, 5) is 14.0. The second-order valence-electron chi connectivity index (χ2n) is 6.48. The van der Waals surface area contributed by atoms with Crippen molar-refractivity contribution in [3.05, 3.63) is 29.8 Å². The maximum absolute atomic E-state index is 12.6. The number of benzene rings is 1. The van der Waals surface area contributed by atoms with E-state index in [0.717, 1.165) is 12.5 Å². The number of ether oxygens (including phenoxy) is 2. The van der Waals surface area contributed by atoms with Crippen LogP contribution in [0.3, 0.4) is 0 Å². The number of amides is 1. The van der Waals surface area contributed by atoms with Gasteiger partial charge in [-0.25, -0.2) is 0 Å². The molecule has 144 valence electrons. The van der Waals surface area contributed by atoms with E-state index in [-0.39, 0.29) is 23.0 Å². The van der Waals surface area contributed by atoms with Gasteiger partial charge in [0.05, 0.1) is 0 Å². The fourth-order valence-electron chi connectivity index (χ4n) is 3.14. The van der Waals surface area contributed by atoms with Crippen molar-refractivity contribution in [2.45, 2.75) is 33.5 Å². The van der Waals surface area contributed by atoms with Gasteiger partial charge in [-0.2, -0.15) is 17.6 Å². The third kappa shape index (κ3) is 5.93. The van der Waals surface area contributed by atoms with Crippen LogP contribution >= 0.6 is 0 Å². The third-order valence-corrected chi connectivity index (χ3v) is 4.01. The predicted molar refractivity (Wildman–Crippen MR) is 88.3 cm³/mol. The lowest BCUT2D eigenvalue weighted by Gasteiger charge is -2.34. The summed E-state index contributed by atoms with van der Waals surface area (Å²) < 4.78 is 58.2. The first kappa shape index (κ1) is 20.1. The molecule has 0 saturated carbocycles. The summed E-state index contributed by atoms with van der Waals surface area (Å²) in [5.41, 5.74) is 0.165. The molecule has 26 heavy (non-hydrogen) atoms. The monoisotopic (exact) mass is 375 g/mol. The molecule has 0 radical (unpaired) electrons. The van der Waals surface area contributed by atoms with Crippen LogP contribution in [-0.4, -0.2) is 37.1 Å². The van der Waals surface area contributed by atoms with Gasteiger partial charge in [-0.1, -0.05) is 13.8 Å². The topological polar surface area (TPSA) is 38.8 Å². The van der Waals surface area contributed by atoms with Crippen LogP contribution < -0.4 is 9.47 Å².